The molecule has 2 aromatic heterocycles. The first-order chi connectivity index (χ1) is 20.0. The summed E-state index contributed by atoms with van der Waals surface area (Å²) in [4.78, 5) is 6.34. The van der Waals surface area contributed by atoms with Crippen molar-refractivity contribution in [3.05, 3.63) is 112 Å². The van der Waals surface area contributed by atoms with E-state index in [4.69, 9.17) is 28.3 Å². The Morgan fingerprint density at radius 2 is 1.73 bits per heavy atom. The average molecular weight is 619 g/mol. The minimum atomic E-state index is 0.288. The maximum Gasteiger partial charge on any atom is 0.0844 e. The van der Waals surface area contributed by atoms with E-state index in [0.717, 1.165) is 36.6 Å². The lowest BCUT2D eigenvalue weighted by Gasteiger charge is -2.30. The van der Waals surface area contributed by atoms with Crippen LogP contribution in [0.25, 0.3) is 26.7 Å². The Morgan fingerprint density at radius 1 is 0.878 bits per heavy atom. The van der Waals surface area contributed by atoms with Crippen LogP contribution < -0.4 is 0 Å². The molecule has 5 aromatic rings. The Bertz CT molecular complexity index is 1660. The van der Waals surface area contributed by atoms with Gasteiger partial charge in [-0.1, -0.05) is 72.4 Å². The molecule has 210 valence electrons. The number of halogens is 2. The second-order valence-electron chi connectivity index (χ2n) is 10.6. The number of para-hydroxylation sites is 1. The van der Waals surface area contributed by atoms with Crippen molar-refractivity contribution in [2.24, 2.45) is 0 Å². The number of nitrogens with zero attached hydrogens (tertiary/aromatic N) is 3. The van der Waals surface area contributed by atoms with Crippen LogP contribution in [0.5, 0.6) is 0 Å². The van der Waals surface area contributed by atoms with Gasteiger partial charge in [0.25, 0.3) is 0 Å². The summed E-state index contributed by atoms with van der Waals surface area (Å²) in [5.41, 5.74) is 7.02. The number of hydrogen-bond donors (Lipinski definition) is 0. The number of benzene rings is 3. The third kappa shape index (κ3) is 6.30. The molecule has 0 aliphatic carbocycles. The third-order valence-electron chi connectivity index (χ3n) is 7.87. The first-order valence-corrected chi connectivity index (χ1v) is 16.9. The van der Waals surface area contributed by atoms with Crippen molar-refractivity contribution < 1.29 is 0 Å². The molecule has 1 atom stereocenters. The molecule has 1 fully saturated rings. The SMILES string of the molecule is CSc1cccc(-c2ccc(-c3cc(CN4CCCCCC4c4ccc(Cl)c(Cl)c4)nn3-c3ccccc3C)s2)c1. The van der Waals surface area contributed by atoms with Crippen LogP contribution in [-0.4, -0.2) is 27.5 Å². The van der Waals surface area contributed by atoms with E-state index in [-0.39, 0.29) is 6.04 Å². The fourth-order valence-corrected chi connectivity index (χ4v) is 7.51. The highest BCUT2D eigenvalue weighted by Gasteiger charge is 2.25. The maximum atomic E-state index is 6.45. The molecule has 41 heavy (non-hydrogen) atoms. The van der Waals surface area contributed by atoms with Gasteiger partial charge in [-0.25, -0.2) is 4.68 Å². The van der Waals surface area contributed by atoms with E-state index in [1.807, 2.05) is 23.5 Å². The minimum Gasteiger partial charge on any atom is -0.290 e. The molecule has 0 amide bonds. The van der Waals surface area contributed by atoms with Crippen LogP contribution in [0.15, 0.2) is 89.8 Å². The van der Waals surface area contributed by atoms with Gasteiger partial charge in [0.1, 0.15) is 0 Å². The van der Waals surface area contributed by atoms with Crippen molar-refractivity contribution in [3.63, 3.8) is 0 Å². The van der Waals surface area contributed by atoms with Crippen molar-refractivity contribution in [3.8, 4) is 26.7 Å². The number of likely N-dealkylation sites (tertiary alicyclic amines) is 1. The van der Waals surface area contributed by atoms with Crippen LogP contribution in [0.1, 0.15) is 48.5 Å². The van der Waals surface area contributed by atoms with Crippen LogP contribution in [0.2, 0.25) is 10.0 Å². The van der Waals surface area contributed by atoms with Gasteiger partial charge in [-0.05, 0) is 97.8 Å². The molecular weight excluding hydrogens is 585 g/mol. The van der Waals surface area contributed by atoms with Crippen molar-refractivity contribution in [2.75, 3.05) is 12.8 Å². The van der Waals surface area contributed by atoms with Gasteiger partial charge in [-0.15, -0.1) is 23.1 Å². The number of thioether (sulfide) groups is 1. The second kappa shape index (κ2) is 12.8. The van der Waals surface area contributed by atoms with Gasteiger partial charge in [0.2, 0.25) is 0 Å². The molecule has 1 unspecified atom stereocenters. The van der Waals surface area contributed by atoms with Crippen LogP contribution in [0.4, 0.5) is 0 Å². The molecule has 0 saturated carbocycles. The molecule has 0 bridgehead atoms. The van der Waals surface area contributed by atoms with Gasteiger partial charge in [0.15, 0.2) is 0 Å². The highest BCUT2D eigenvalue weighted by molar-refractivity contribution is 7.98. The summed E-state index contributed by atoms with van der Waals surface area (Å²) in [7, 11) is 0. The molecule has 3 heterocycles. The lowest BCUT2D eigenvalue weighted by Crippen LogP contribution is -2.28. The first kappa shape index (κ1) is 28.6. The summed E-state index contributed by atoms with van der Waals surface area (Å²) in [6.45, 7) is 3.97. The Morgan fingerprint density at radius 3 is 2.56 bits per heavy atom. The molecule has 1 aliphatic rings. The van der Waals surface area contributed by atoms with Crippen LogP contribution >= 0.6 is 46.3 Å². The summed E-state index contributed by atoms with van der Waals surface area (Å²) in [6, 6.07) is 30.4. The monoisotopic (exact) mass is 617 g/mol. The zero-order valence-electron chi connectivity index (χ0n) is 23.3. The van der Waals surface area contributed by atoms with Gasteiger partial charge in [0.05, 0.1) is 32.0 Å². The van der Waals surface area contributed by atoms with Gasteiger partial charge < -0.3 is 0 Å². The highest BCUT2D eigenvalue weighted by Crippen LogP contribution is 2.39. The molecule has 3 aromatic carbocycles. The number of hydrogen-bond acceptors (Lipinski definition) is 4. The molecule has 3 nitrogen and oxygen atoms in total. The lowest BCUT2D eigenvalue weighted by atomic mass is 10.0. The molecule has 0 spiro atoms. The van der Waals surface area contributed by atoms with Crippen molar-refractivity contribution in [1.82, 2.24) is 14.7 Å². The standard InChI is InChI=1S/C34H33Cl2N3S2/c1-23-9-5-6-12-30(23)39-32(34-17-16-33(41-34)25-10-8-11-27(19-25)40-2)21-26(37-39)22-38-18-7-3-4-13-31(38)24-14-15-28(35)29(36)20-24/h5-6,8-12,14-17,19-21,31H,3-4,7,13,18,22H2,1-2H3. The van der Waals surface area contributed by atoms with Gasteiger partial charge in [-0.3, -0.25) is 4.90 Å². The normalized spacial score (nSPS) is 16.1. The predicted octanol–water partition coefficient (Wildman–Crippen LogP) is 10.7. The van der Waals surface area contributed by atoms with Crippen LogP contribution in [0.3, 0.4) is 0 Å². The van der Waals surface area contributed by atoms with Gasteiger partial charge in [0, 0.05) is 22.4 Å². The molecule has 0 N–H and O–H groups in total. The molecule has 1 aliphatic heterocycles. The van der Waals surface area contributed by atoms with Crippen molar-refractivity contribution >= 4 is 46.3 Å². The van der Waals surface area contributed by atoms with E-state index in [9.17, 15) is 0 Å². The van der Waals surface area contributed by atoms with Crippen LogP contribution in [0, 0.1) is 6.92 Å². The fourth-order valence-electron chi connectivity index (χ4n) is 5.74. The first-order valence-electron chi connectivity index (χ1n) is 14.1. The Kier molecular flexibility index (Phi) is 8.90. The number of thiophene rings is 1. The molecule has 0 radical (unpaired) electrons. The molecule has 7 heteroatoms. The second-order valence-corrected chi connectivity index (χ2v) is 13.4. The minimum absolute atomic E-state index is 0.288. The van der Waals surface area contributed by atoms with E-state index in [1.165, 1.54) is 50.6 Å². The summed E-state index contributed by atoms with van der Waals surface area (Å²) in [5, 5.41) is 6.47. The summed E-state index contributed by atoms with van der Waals surface area (Å²) < 4.78 is 2.14. The maximum absolute atomic E-state index is 6.45. The van der Waals surface area contributed by atoms with E-state index >= 15 is 0 Å². The molecule has 6 rings (SSSR count). The zero-order valence-corrected chi connectivity index (χ0v) is 26.5. The molecule has 1 saturated heterocycles. The van der Waals surface area contributed by atoms with E-state index < -0.39 is 0 Å². The van der Waals surface area contributed by atoms with E-state index in [0.29, 0.717) is 10.0 Å². The quantitative estimate of drug-likeness (QED) is 0.169. The Balaban J connectivity index is 1.38. The summed E-state index contributed by atoms with van der Waals surface area (Å²) >= 11 is 16.3. The van der Waals surface area contributed by atoms with Gasteiger partial charge in [-0.2, -0.15) is 5.10 Å². The number of rotatable bonds is 7. The number of aromatic nitrogens is 2. The van der Waals surface area contributed by atoms with E-state index in [2.05, 4.69) is 95.6 Å². The van der Waals surface area contributed by atoms with Crippen molar-refractivity contribution in [1.29, 1.82) is 0 Å². The summed E-state index contributed by atoms with van der Waals surface area (Å²) in [5.74, 6) is 0. The predicted molar refractivity (Wildman–Crippen MR) is 177 cm³/mol. The Hall–Kier alpha value is -2.54. The van der Waals surface area contributed by atoms with Gasteiger partial charge >= 0.3 is 0 Å². The van der Waals surface area contributed by atoms with E-state index in [1.54, 1.807) is 11.8 Å². The molecular formula is C34H33Cl2N3S2. The lowest BCUT2D eigenvalue weighted by molar-refractivity contribution is 0.190. The topological polar surface area (TPSA) is 21.1 Å². The van der Waals surface area contributed by atoms with Crippen molar-refractivity contribution in [2.45, 2.75) is 50.1 Å². The number of aryl methyl sites for hydroxylation is 1. The Labute approximate surface area is 261 Å². The summed E-state index contributed by atoms with van der Waals surface area (Å²) in [6.07, 6.45) is 6.86. The highest BCUT2D eigenvalue weighted by atomic mass is 35.5. The average Bonchev–Trinajstić information content (AvgIpc) is 3.57. The fraction of sp³-hybridized carbons (Fsp3) is 0.265. The zero-order chi connectivity index (χ0) is 28.3. The third-order valence-corrected chi connectivity index (χ3v) is 10.5. The largest absolute Gasteiger partial charge is 0.290 e. The van der Waals surface area contributed by atoms with Crippen LogP contribution in [-0.2, 0) is 6.54 Å². The smallest absolute Gasteiger partial charge is 0.0844 e.